The molecule has 1 aliphatic heterocycles. The molecule has 0 atom stereocenters. The molecule has 2 aromatic heterocycles. The van der Waals surface area contributed by atoms with Gasteiger partial charge in [0.25, 0.3) is 5.91 Å². The van der Waals surface area contributed by atoms with Crippen molar-refractivity contribution in [3.8, 4) is 0 Å². The van der Waals surface area contributed by atoms with Gasteiger partial charge in [-0.05, 0) is 30.4 Å². The maximum atomic E-state index is 12.7. The molecule has 136 valence electrons. The van der Waals surface area contributed by atoms with Crippen LogP contribution < -0.4 is 5.73 Å². The summed E-state index contributed by atoms with van der Waals surface area (Å²) in [5.74, 6) is 0.155. The van der Waals surface area contributed by atoms with Crippen LogP contribution >= 0.6 is 35.1 Å². The number of thiophene rings is 2. The van der Waals surface area contributed by atoms with Crippen LogP contribution in [0.25, 0.3) is 9.40 Å². The van der Waals surface area contributed by atoms with E-state index in [-0.39, 0.29) is 24.2 Å². The highest BCUT2D eigenvalue weighted by atomic mass is 35.5. The summed E-state index contributed by atoms with van der Waals surface area (Å²) in [7, 11) is 0. The lowest BCUT2D eigenvalue weighted by Crippen LogP contribution is -2.59. The van der Waals surface area contributed by atoms with Crippen LogP contribution in [0.4, 0.5) is 0 Å². The van der Waals surface area contributed by atoms with Gasteiger partial charge in [0.05, 0.1) is 10.4 Å². The van der Waals surface area contributed by atoms with Crippen molar-refractivity contribution in [2.75, 3.05) is 26.2 Å². The Labute approximate surface area is 161 Å². The van der Waals surface area contributed by atoms with Gasteiger partial charge in [-0.3, -0.25) is 9.59 Å². The molecule has 2 amide bonds. The lowest BCUT2D eigenvalue weighted by molar-refractivity contribution is -0.138. The Hall–Kier alpha value is -1.15. The van der Waals surface area contributed by atoms with Crippen LogP contribution in [0, 0.1) is 0 Å². The lowest BCUT2D eigenvalue weighted by Gasteiger charge is -2.38. The van der Waals surface area contributed by atoms with Crippen molar-refractivity contribution in [2.24, 2.45) is 5.73 Å². The van der Waals surface area contributed by atoms with Crippen molar-refractivity contribution in [3.05, 3.63) is 22.4 Å². The predicted molar refractivity (Wildman–Crippen MR) is 105 cm³/mol. The first-order chi connectivity index (χ1) is 11.6. The molecule has 2 fully saturated rings. The minimum atomic E-state index is -0.662. The average molecular weight is 400 g/mol. The van der Waals surface area contributed by atoms with Crippen molar-refractivity contribution in [2.45, 2.75) is 31.2 Å². The number of carbonyl (C=O) groups is 2. The quantitative estimate of drug-likeness (QED) is 0.844. The molecule has 5 nitrogen and oxygen atoms in total. The summed E-state index contributed by atoms with van der Waals surface area (Å²) in [5, 5.41) is 2.05. The van der Waals surface area contributed by atoms with Gasteiger partial charge in [-0.2, -0.15) is 0 Å². The lowest BCUT2D eigenvalue weighted by atomic mass is 9.97. The largest absolute Gasteiger partial charge is 0.338 e. The van der Waals surface area contributed by atoms with Crippen LogP contribution in [-0.4, -0.2) is 53.3 Å². The molecular weight excluding hydrogens is 378 g/mol. The molecule has 0 spiro atoms. The number of nitrogens with zero attached hydrogens (tertiary/aromatic N) is 2. The summed E-state index contributed by atoms with van der Waals surface area (Å²) in [6.45, 7) is 2.35. The number of piperazine rings is 1. The van der Waals surface area contributed by atoms with E-state index in [2.05, 4.69) is 6.07 Å². The number of halogens is 1. The van der Waals surface area contributed by atoms with Gasteiger partial charge in [-0.25, -0.2) is 0 Å². The zero-order valence-corrected chi connectivity index (χ0v) is 16.4. The summed E-state index contributed by atoms with van der Waals surface area (Å²) in [6.07, 6.45) is 3.65. The Balaban J connectivity index is 0.00000182. The second kappa shape index (κ2) is 7.23. The molecule has 25 heavy (non-hydrogen) atoms. The van der Waals surface area contributed by atoms with Gasteiger partial charge in [-0.15, -0.1) is 35.1 Å². The van der Waals surface area contributed by atoms with Gasteiger partial charge in [0.2, 0.25) is 5.91 Å². The van der Waals surface area contributed by atoms with Crippen molar-refractivity contribution >= 4 is 56.3 Å². The number of hydrogen-bond acceptors (Lipinski definition) is 5. The van der Waals surface area contributed by atoms with E-state index in [1.807, 2.05) is 21.2 Å². The number of nitrogens with two attached hydrogens (primary N) is 1. The molecule has 3 heterocycles. The summed E-state index contributed by atoms with van der Waals surface area (Å²) in [5.41, 5.74) is 5.62. The summed E-state index contributed by atoms with van der Waals surface area (Å²) >= 11 is 3.21. The molecule has 2 N–H and O–H groups in total. The highest BCUT2D eigenvalue weighted by Crippen LogP contribution is 2.31. The molecule has 0 unspecified atom stereocenters. The number of rotatable bonds is 2. The minimum Gasteiger partial charge on any atom is -0.338 e. The molecular formula is C17H22ClN3O2S2. The SMILES string of the molecule is Cl.NC1(C(=O)N2CCN(C(=O)c3cc4sccc4s3)CC2)CCCC1. The molecule has 8 heteroatoms. The van der Waals surface area contributed by atoms with Crippen molar-refractivity contribution < 1.29 is 9.59 Å². The predicted octanol–water partition coefficient (Wildman–Crippen LogP) is 2.94. The van der Waals surface area contributed by atoms with Crippen LogP contribution in [0.15, 0.2) is 17.5 Å². The molecule has 0 radical (unpaired) electrons. The van der Waals surface area contributed by atoms with Crippen LogP contribution in [0.2, 0.25) is 0 Å². The molecule has 1 saturated carbocycles. The molecule has 0 bridgehead atoms. The van der Waals surface area contributed by atoms with E-state index in [0.717, 1.165) is 30.6 Å². The summed E-state index contributed by atoms with van der Waals surface area (Å²) < 4.78 is 2.34. The van der Waals surface area contributed by atoms with E-state index in [4.69, 9.17) is 5.73 Å². The molecule has 2 aliphatic rings. The molecule has 4 rings (SSSR count). The normalized spacial score (nSPS) is 19.9. The second-order valence-corrected chi connectivity index (χ2v) is 8.74. The standard InChI is InChI=1S/C17H21N3O2S2.ClH/c18-17(4-1-2-5-17)16(22)20-8-6-19(7-9-20)15(21)14-11-13-12(24-14)3-10-23-13;/h3,10-11H,1-2,4-9,18H2;1H. The van der Waals surface area contributed by atoms with Crippen LogP contribution in [-0.2, 0) is 4.79 Å². The van der Waals surface area contributed by atoms with Crippen molar-refractivity contribution in [3.63, 3.8) is 0 Å². The zero-order chi connectivity index (χ0) is 16.7. The van der Waals surface area contributed by atoms with Gasteiger partial charge in [0, 0.05) is 35.6 Å². The van der Waals surface area contributed by atoms with Crippen LogP contribution in [0.1, 0.15) is 35.4 Å². The first-order valence-corrected chi connectivity index (χ1v) is 10.1. The number of amides is 2. The van der Waals surface area contributed by atoms with Gasteiger partial charge >= 0.3 is 0 Å². The van der Waals surface area contributed by atoms with E-state index in [1.54, 1.807) is 22.7 Å². The molecule has 2 aromatic rings. The van der Waals surface area contributed by atoms with Crippen molar-refractivity contribution in [1.82, 2.24) is 9.80 Å². The highest BCUT2D eigenvalue weighted by molar-refractivity contribution is 7.27. The Bertz CT molecular complexity index is 745. The van der Waals surface area contributed by atoms with Gasteiger partial charge in [0.15, 0.2) is 0 Å². The third-order valence-corrected chi connectivity index (χ3v) is 7.21. The van der Waals surface area contributed by atoms with E-state index in [9.17, 15) is 9.59 Å². The maximum Gasteiger partial charge on any atom is 0.264 e. The number of carbonyl (C=O) groups excluding carboxylic acids is 2. The van der Waals surface area contributed by atoms with Gasteiger partial charge < -0.3 is 15.5 Å². The van der Waals surface area contributed by atoms with E-state index in [0.29, 0.717) is 26.2 Å². The Morgan fingerprint density at radius 2 is 1.68 bits per heavy atom. The Morgan fingerprint density at radius 3 is 2.32 bits per heavy atom. The Morgan fingerprint density at radius 1 is 1.04 bits per heavy atom. The third-order valence-electron chi connectivity index (χ3n) is 5.13. The van der Waals surface area contributed by atoms with Crippen LogP contribution in [0.5, 0.6) is 0 Å². The maximum absolute atomic E-state index is 12.7. The fourth-order valence-corrected chi connectivity index (χ4v) is 5.75. The monoisotopic (exact) mass is 399 g/mol. The molecule has 0 aromatic carbocycles. The second-order valence-electron chi connectivity index (χ2n) is 6.71. The Kier molecular flexibility index (Phi) is 5.39. The van der Waals surface area contributed by atoms with E-state index >= 15 is 0 Å². The third kappa shape index (κ3) is 3.43. The minimum absolute atomic E-state index is 0. The smallest absolute Gasteiger partial charge is 0.264 e. The first kappa shape index (κ1) is 18.6. The van der Waals surface area contributed by atoms with Crippen LogP contribution in [0.3, 0.4) is 0 Å². The van der Waals surface area contributed by atoms with Gasteiger partial charge in [0.1, 0.15) is 0 Å². The van der Waals surface area contributed by atoms with E-state index < -0.39 is 5.54 Å². The van der Waals surface area contributed by atoms with Crippen molar-refractivity contribution in [1.29, 1.82) is 0 Å². The summed E-state index contributed by atoms with van der Waals surface area (Å²) in [6, 6.07) is 4.04. The number of fused-ring (bicyclic) bond motifs is 1. The topological polar surface area (TPSA) is 66.6 Å². The van der Waals surface area contributed by atoms with E-state index in [1.165, 1.54) is 9.40 Å². The summed E-state index contributed by atoms with van der Waals surface area (Å²) in [4.78, 5) is 29.8. The van der Waals surface area contributed by atoms with Gasteiger partial charge in [-0.1, -0.05) is 12.8 Å². The zero-order valence-electron chi connectivity index (χ0n) is 13.9. The fraction of sp³-hybridized carbons (Fsp3) is 0.529. The molecule has 1 saturated heterocycles. The fourth-order valence-electron chi connectivity index (χ4n) is 3.67. The highest BCUT2D eigenvalue weighted by Gasteiger charge is 2.40. The average Bonchev–Trinajstić information content (AvgIpc) is 3.30. The number of hydrogen-bond donors (Lipinski definition) is 1. The molecule has 1 aliphatic carbocycles. The first-order valence-electron chi connectivity index (χ1n) is 8.41.